The summed E-state index contributed by atoms with van der Waals surface area (Å²) in [6, 6.07) is 4.13. The number of hydrogen-bond acceptors (Lipinski definition) is 3. The lowest BCUT2D eigenvalue weighted by atomic mass is 10.1. The highest BCUT2D eigenvalue weighted by atomic mass is 16.5. The Labute approximate surface area is 97.0 Å². The molecule has 3 nitrogen and oxygen atoms in total. The van der Waals surface area contributed by atoms with Crippen molar-refractivity contribution in [1.29, 1.82) is 0 Å². The molecule has 16 heavy (non-hydrogen) atoms. The van der Waals surface area contributed by atoms with Gasteiger partial charge in [-0.1, -0.05) is 0 Å². The third kappa shape index (κ3) is 3.20. The number of hydrogen-bond donors (Lipinski definition) is 1. The maximum atomic E-state index is 5.82. The first-order chi connectivity index (χ1) is 7.65. The summed E-state index contributed by atoms with van der Waals surface area (Å²) < 4.78 is 5.80. The average molecular weight is 220 g/mol. The van der Waals surface area contributed by atoms with Gasteiger partial charge in [0.25, 0.3) is 0 Å². The monoisotopic (exact) mass is 220 g/mol. The highest BCUT2D eigenvalue weighted by Crippen LogP contribution is 2.30. The molecule has 0 aliphatic heterocycles. The van der Waals surface area contributed by atoms with Gasteiger partial charge in [-0.25, -0.2) is 0 Å². The molecule has 1 aromatic rings. The summed E-state index contributed by atoms with van der Waals surface area (Å²) in [6.07, 6.45) is 3.39. The predicted molar refractivity (Wildman–Crippen MR) is 64.5 cm³/mol. The molecule has 0 bridgehead atoms. The summed E-state index contributed by atoms with van der Waals surface area (Å²) in [7, 11) is 0. The number of aryl methyl sites for hydroxylation is 1. The second kappa shape index (κ2) is 4.83. The van der Waals surface area contributed by atoms with Crippen LogP contribution in [0.3, 0.4) is 0 Å². The SMILES string of the molecule is Cc1ccc(OCC2CC2)c(CC(C)N)n1. The van der Waals surface area contributed by atoms with Crippen molar-refractivity contribution in [2.75, 3.05) is 6.61 Å². The van der Waals surface area contributed by atoms with Crippen LogP contribution in [0.1, 0.15) is 31.2 Å². The van der Waals surface area contributed by atoms with E-state index in [1.54, 1.807) is 0 Å². The van der Waals surface area contributed by atoms with E-state index in [0.717, 1.165) is 36.1 Å². The summed E-state index contributed by atoms with van der Waals surface area (Å²) in [4.78, 5) is 4.51. The van der Waals surface area contributed by atoms with E-state index < -0.39 is 0 Å². The Hall–Kier alpha value is -1.09. The Balaban J connectivity index is 2.06. The Morgan fingerprint density at radius 3 is 2.88 bits per heavy atom. The minimum atomic E-state index is 0.123. The molecule has 0 radical (unpaired) electrons. The predicted octanol–water partition coefficient (Wildman–Crippen LogP) is 2.07. The minimum Gasteiger partial charge on any atom is -0.491 e. The minimum absolute atomic E-state index is 0.123. The normalized spacial score (nSPS) is 17.2. The van der Waals surface area contributed by atoms with E-state index in [-0.39, 0.29) is 6.04 Å². The third-order valence-corrected chi connectivity index (χ3v) is 2.76. The molecule has 3 heteroatoms. The smallest absolute Gasteiger partial charge is 0.140 e. The van der Waals surface area contributed by atoms with Crippen molar-refractivity contribution < 1.29 is 4.74 Å². The van der Waals surface area contributed by atoms with Gasteiger partial charge in [-0.3, -0.25) is 4.98 Å². The molecule has 0 spiro atoms. The Morgan fingerprint density at radius 1 is 1.50 bits per heavy atom. The highest BCUT2D eigenvalue weighted by Gasteiger charge is 2.22. The van der Waals surface area contributed by atoms with Crippen molar-refractivity contribution in [1.82, 2.24) is 4.98 Å². The summed E-state index contributed by atoms with van der Waals surface area (Å²) in [6.45, 7) is 4.82. The van der Waals surface area contributed by atoms with E-state index in [4.69, 9.17) is 10.5 Å². The van der Waals surface area contributed by atoms with E-state index in [2.05, 4.69) is 4.98 Å². The summed E-state index contributed by atoms with van der Waals surface area (Å²) >= 11 is 0. The van der Waals surface area contributed by atoms with Gasteiger partial charge in [0.2, 0.25) is 0 Å². The van der Waals surface area contributed by atoms with E-state index in [0.29, 0.717) is 0 Å². The van der Waals surface area contributed by atoms with Crippen molar-refractivity contribution in [2.24, 2.45) is 11.7 Å². The van der Waals surface area contributed by atoms with Gasteiger partial charge in [0, 0.05) is 18.2 Å². The van der Waals surface area contributed by atoms with Gasteiger partial charge >= 0.3 is 0 Å². The molecule has 1 heterocycles. The molecule has 1 aromatic heterocycles. The number of aromatic nitrogens is 1. The van der Waals surface area contributed by atoms with Crippen LogP contribution in [-0.4, -0.2) is 17.6 Å². The number of nitrogens with zero attached hydrogens (tertiary/aromatic N) is 1. The second-order valence-corrected chi connectivity index (χ2v) is 4.83. The molecular weight excluding hydrogens is 200 g/mol. The van der Waals surface area contributed by atoms with Gasteiger partial charge in [0.05, 0.1) is 12.3 Å². The van der Waals surface area contributed by atoms with E-state index in [1.165, 1.54) is 12.8 Å². The Morgan fingerprint density at radius 2 is 2.25 bits per heavy atom. The van der Waals surface area contributed by atoms with Crippen LogP contribution in [0.15, 0.2) is 12.1 Å². The van der Waals surface area contributed by atoms with Crippen LogP contribution in [0.25, 0.3) is 0 Å². The van der Waals surface area contributed by atoms with Crippen molar-refractivity contribution in [3.05, 3.63) is 23.5 Å². The van der Waals surface area contributed by atoms with Crippen molar-refractivity contribution >= 4 is 0 Å². The van der Waals surface area contributed by atoms with Gasteiger partial charge in [-0.15, -0.1) is 0 Å². The molecule has 2 rings (SSSR count). The van der Waals surface area contributed by atoms with Crippen molar-refractivity contribution in [2.45, 2.75) is 39.2 Å². The maximum Gasteiger partial charge on any atom is 0.140 e. The van der Waals surface area contributed by atoms with Crippen LogP contribution in [-0.2, 0) is 6.42 Å². The third-order valence-electron chi connectivity index (χ3n) is 2.76. The standard InChI is InChI=1S/C13H20N2O/c1-9(14)7-12-13(6-3-10(2)15-12)16-8-11-4-5-11/h3,6,9,11H,4-5,7-8,14H2,1-2H3. The lowest BCUT2D eigenvalue weighted by Gasteiger charge is -2.12. The topological polar surface area (TPSA) is 48.1 Å². The molecule has 1 aliphatic carbocycles. The van der Waals surface area contributed by atoms with Gasteiger partial charge in [-0.05, 0) is 44.7 Å². The fourth-order valence-corrected chi connectivity index (χ4v) is 1.67. The lowest BCUT2D eigenvalue weighted by Crippen LogP contribution is -2.19. The number of ether oxygens (including phenoxy) is 1. The summed E-state index contributed by atoms with van der Waals surface area (Å²) in [5.41, 5.74) is 7.83. The molecule has 0 amide bonds. The summed E-state index contributed by atoms with van der Waals surface area (Å²) in [5, 5.41) is 0. The first-order valence-electron chi connectivity index (χ1n) is 6.00. The first-order valence-corrected chi connectivity index (χ1v) is 6.00. The van der Waals surface area contributed by atoms with E-state index in [9.17, 15) is 0 Å². The van der Waals surface area contributed by atoms with Crippen molar-refractivity contribution in [3.63, 3.8) is 0 Å². The van der Waals surface area contributed by atoms with E-state index in [1.807, 2.05) is 26.0 Å². The fraction of sp³-hybridized carbons (Fsp3) is 0.615. The first kappa shape index (κ1) is 11.4. The molecule has 0 aromatic carbocycles. The molecule has 1 aliphatic rings. The molecule has 2 N–H and O–H groups in total. The van der Waals surface area contributed by atoms with Crippen LogP contribution in [0.4, 0.5) is 0 Å². The Kier molecular flexibility index (Phi) is 3.44. The van der Waals surface area contributed by atoms with Gasteiger partial charge in [0.1, 0.15) is 5.75 Å². The molecule has 1 saturated carbocycles. The van der Waals surface area contributed by atoms with Crippen LogP contribution >= 0.6 is 0 Å². The van der Waals surface area contributed by atoms with Crippen LogP contribution in [0.2, 0.25) is 0 Å². The zero-order valence-electron chi connectivity index (χ0n) is 10.1. The number of nitrogens with two attached hydrogens (primary N) is 1. The highest BCUT2D eigenvalue weighted by molar-refractivity contribution is 5.30. The molecule has 0 saturated heterocycles. The summed E-state index contributed by atoms with van der Waals surface area (Å²) in [5.74, 6) is 1.68. The van der Waals surface area contributed by atoms with E-state index >= 15 is 0 Å². The van der Waals surface area contributed by atoms with Crippen molar-refractivity contribution in [3.8, 4) is 5.75 Å². The van der Waals surface area contributed by atoms with Crippen LogP contribution < -0.4 is 10.5 Å². The van der Waals surface area contributed by atoms with Gasteiger partial charge < -0.3 is 10.5 Å². The average Bonchev–Trinajstić information content (AvgIpc) is 2.99. The molecule has 88 valence electrons. The quantitative estimate of drug-likeness (QED) is 0.826. The van der Waals surface area contributed by atoms with Crippen LogP contribution in [0.5, 0.6) is 5.75 Å². The van der Waals surface area contributed by atoms with Gasteiger partial charge in [0.15, 0.2) is 0 Å². The lowest BCUT2D eigenvalue weighted by molar-refractivity contribution is 0.294. The van der Waals surface area contributed by atoms with Gasteiger partial charge in [-0.2, -0.15) is 0 Å². The zero-order chi connectivity index (χ0) is 11.5. The Bertz CT molecular complexity index is 359. The maximum absolute atomic E-state index is 5.82. The molecule has 1 unspecified atom stereocenters. The fourth-order valence-electron chi connectivity index (χ4n) is 1.67. The van der Waals surface area contributed by atoms with Crippen LogP contribution in [0, 0.1) is 12.8 Å². The number of pyridine rings is 1. The second-order valence-electron chi connectivity index (χ2n) is 4.83. The molecule has 1 atom stereocenters. The largest absolute Gasteiger partial charge is 0.491 e. The zero-order valence-corrected chi connectivity index (χ0v) is 10.1. The molecule has 1 fully saturated rings. The number of rotatable bonds is 5. The molecular formula is C13H20N2O.